The number of carbonyl (C=O) groups is 2. The van der Waals surface area contributed by atoms with Gasteiger partial charge in [0.1, 0.15) is 23.9 Å². The standard InChI is InChI=1S/C29H24Cl2NO7P/c1-36-29(34)28(40(35,38-21-13-7-3-8-14-21)39-22-15-9-4-10-16-22)32-27(33)26-24(30)17-23(18-25(26)31)37-19-20-11-5-2-6-12-20/h2-18,28H,19H2,1H3,(H,32,33). The van der Waals surface area contributed by atoms with Crippen LogP contribution in [-0.2, 0) is 20.7 Å². The van der Waals surface area contributed by atoms with E-state index in [0.29, 0.717) is 5.75 Å². The zero-order valence-electron chi connectivity index (χ0n) is 21.2. The molecule has 0 saturated carbocycles. The third-order valence-corrected chi connectivity index (χ3v) is 7.95. The molecule has 1 unspecified atom stereocenters. The lowest BCUT2D eigenvalue weighted by atomic mass is 10.2. The molecule has 0 saturated heterocycles. The number of ether oxygens (including phenoxy) is 2. The molecule has 0 radical (unpaired) electrons. The van der Waals surface area contributed by atoms with E-state index < -0.39 is 25.3 Å². The molecule has 4 aromatic carbocycles. The van der Waals surface area contributed by atoms with Gasteiger partial charge in [-0.15, -0.1) is 0 Å². The molecule has 0 fully saturated rings. The van der Waals surface area contributed by atoms with Gasteiger partial charge < -0.3 is 23.8 Å². The van der Waals surface area contributed by atoms with Crippen LogP contribution in [0.25, 0.3) is 0 Å². The average molecular weight is 600 g/mol. The summed E-state index contributed by atoms with van der Waals surface area (Å²) >= 11 is 12.8. The second-order valence-corrected chi connectivity index (χ2v) is 11.1. The van der Waals surface area contributed by atoms with Crippen LogP contribution in [0.3, 0.4) is 0 Å². The highest BCUT2D eigenvalue weighted by Gasteiger charge is 2.47. The number of para-hydroxylation sites is 2. The summed E-state index contributed by atoms with van der Waals surface area (Å²) in [5, 5.41) is 2.28. The van der Waals surface area contributed by atoms with Crippen LogP contribution in [-0.4, -0.2) is 24.8 Å². The van der Waals surface area contributed by atoms with Crippen LogP contribution in [0.1, 0.15) is 15.9 Å². The molecule has 0 heterocycles. The zero-order valence-corrected chi connectivity index (χ0v) is 23.6. The molecule has 1 atom stereocenters. The number of hydrogen-bond acceptors (Lipinski definition) is 7. The summed E-state index contributed by atoms with van der Waals surface area (Å²) in [7, 11) is -3.44. The number of hydrogen-bond donors (Lipinski definition) is 1. The van der Waals surface area contributed by atoms with E-state index in [1.165, 1.54) is 36.4 Å². The lowest BCUT2D eigenvalue weighted by Crippen LogP contribution is -2.43. The third-order valence-electron chi connectivity index (χ3n) is 5.45. The number of rotatable bonds is 11. The Hall–Kier alpha value is -3.97. The minimum Gasteiger partial charge on any atom is -0.489 e. The highest BCUT2D eigenvalue weighted by atomic mass is 35.5. The zero-order chi connectivity index (χ0) is 28.5. The minimum absolute atomic E-state index is 0.0561. The van der Waals surface area contributed by atoms with Gasteiger partial charge in [-0.2, -0.15) is 0 Å². The van der Waals surface area contributed by atoms with Crippen molar-refractivity contribution in [3.8, 4) is 17.2 Å². The van der Waals surface area contributed by atoms with E-state index in [0.717, 1.165) is 12.7 Å². The van der Waals surface area contributed by atoms with E-state index in [2.05, 4.69) is 5.32 Å². The summed E-state index contributed by atoms with van der Waals surface area (Å²) in [5.74, 6) is -3.26. The number of carbonyl (C=O) groups excluding carboxylic acids is 2. The normalized spacial score (nSPS) is 11.7. The lowest BCUT2D eigenvalue weighted by molar-refractivity contribution is -0.140. The minimum atomic E-state index is -4.52. The number of halogens is 2. The Labute approximate surface area is 241 Å². The molecular weight excluding hydrogens is 576 g/mol. The van der Waals surface area contributed by atoms with Crippen molar-refractivity contribution in [2.24, 2.45) is 0 Å². The van der Waals surface area contributed by atoms with Crippen molar-refractivity contribution >= 4 is 42.7 Å². The number of benzene rings is 4. The van der Waals surface area contributed by atoms with Crippen molar-refractivity contribution in [2.75, 3.05) is 7.11 Å². The van der Waals surface area contributed by atoms with Crippen LogP contribution in [0.15, 0.2) is 103 Å². The Bertz CT molecular complexity index is 1440. The smallest absolute Gasteiger partial charge is 0.464 e. The quantitative estimate of drug-likeness (QED) is 0.144. The largest absolute Gasteiger partial charge is 0.489 e. The fourth-order valence-corrected chi connectivity index (χ4v) is 5.90. The van der Waals surface area contributed by atoms with E-state index in [-0.39, 0.29) is 33.7 Å². The van der Waals surface area contributed by atoms with E-state index in [4.69, 9.17) is 41.7 Å². The summed E-state index contributed by atoms with van der Waals surface area (Å²) < 4.78 is 36.2. The summed E-state index contributed by atoms with van der Waals surface area (Å²) in [6, 6.07) is 28.4. The molecule has 0 aromatic heterocycles. The molecule has 8 nitrogen and oxygen atoms in total. The van der Waals surface area contributed by atoms with Gasteiger partial charge in [0.2, 0.25) is 0 Å². The van der Waals surface area contributed by atoms with Crippen LogP contribution >= 0.6 is 30.8 Å². The third kappa shape index (κ3) is 7.36. The van der Waals surface area contributed by atoms with Gasteiger partial charge in [0.05, 0.1) is 22.7 Å². The summed E-state index contributed by atoms with van der Waals surface area (Å²) in [6.45, 7) is 0.250. The van der Waals surface area contributed by atoms with Gasteiger partial charge in [-0.25, -0.2) is 9.36 Å². The second-order valence-electron chi connectivity index (χ2n) is 8.28. The SMILES string of the molecule is COC(=O)C(NC(=O)c1c(Cl)cc(OCc2ccccc2)cc1Cl)P(=O)(Oc1ccccc1)Oc1ccccc1. The van der Waals surface area contributed by atoms with E-state index in [1.54, 1.807) is 36.4 Å². The van der Waals surface area contributed by atoms with Crippen molar-refractivity contribution in [2.45, 2.75) is 12.4 Å². The van der Waals surface area contributed by atoms with Crippen molar-refractivity contribution in [3.63, 3.8) is 0 Å². The average Bonchev–Trinajstić information content (AvgIpc) is 2.95. The molecule has 0 bridgehead atoms. The topological polar surface area (TPSA) is 100 Å². The van der Waals surface area contributed by atoms with Gasteiger partial charge in [0.25, 0.3) is 11.7 Å². The van der Waals surface area contributed by atoms with Crippen molar-refractivity contribution in [3.05, 3.63) is 124 Å². The van der Waals surface area contributed by atoms with Crippen LogP contribution in [0.5, 0.6) is 17.2 Å². The Morgan fingerprint density at radius 2 is 1.25 bits per heavy atom. The van der Waals surface area contributed by atoms with Crippen molar-refractivity contribution < 1.29 is 32.7 Å². The Kier molecular flexibility index (Phi) is 9.72. The number of amides is 1. The van der Waals surface area contributed by atoms with E-state index in [9.17, 15) is 14.2 Å². The van der Waals surface area contributed by atoms with Gasteiger partial charge in [-0.05, 0) is 42.0 Å². The van der Waals surface area contributed by atoms with Crippen LogP contribution in [0, 0.1) is 0 Å². The molecule has 0 aliphatic heterocycles. The highest BCUT2D eigenvalue weighted by molar-refractivity contribution is 7.56. The molecule has 0 aliphatic rings. The summed E-state index contributed by atoms with van der Waals surface area (Å²) in [5.41, 5.74) is 0.750. The van der Waals surface area contributed by atoms with Crippen molar-refractivity contribution in [1.82, 2.24) is 5.32 Å². The first kappa shape index (κ1) is 29.0. The molecular formula is C29H24Cl2NO7P. The maximum atomic E-state index is 14.2. The molecule has 1 amide bonds. The number of nitrogens with one attached hydrogen (secondary N) is 1. The fraction of sp³-hybridized carbons (Fsp3) is 0.103. The van der Waals surface area contributed by atoms with Crippen LogP contribution < -0.4 is 19.1 Å². The Morgan fingerprint density at radius 1 is 0.775 bits per heavy atom. The molecule has 4 rings (SSSR count). The number of methoxy groups -OCH3 is 1. The van der Waals surface area contributed by atoms with Crippen molar-refractivity contribution in [1.29, 1.82) is 0 Å². The summed E-state index contributed by atoms with van der Waals surface area (Å²) in [4.78, 5) is 26.3. The first-order chi connectivity index (χ1) is 19.3. The lowest BCUT2D eigenvalue weighted by Gasteiger charge is -2.26. The maximum Gasteiger partial charge on any atom is 0.464 e. The van der Waals surface area contributed by atoms with Gasteiger partial charge >= 0.3 is 13.6 Å². The van der Waals surface area contributed by atoms with Gasteiger partial charge in [0, 0.05) is 0 Å². The first-order valence-electron chi connectivity index (χ1n) is 11.9. The summed E-state index contributed by atoms with van der Waals surface area (Å²) in [6.07, 6.45) is 0. The van der Waals surface area contributed by atoms with Gasteiger partial charge in [-0.3, -0.25) is 4.79 Å². The monoisotopic (exact) mass is 599 g/mol. The molecule has 206 valence electrons. The van der Waals surface area contributed by atoms with Gasteiger partial charge in [-0.1, -0.05) is 89.9 Å². The Balaban J connectivity index is 1.62. The molecule has 4 aromatic rings. The van der Waals surface area contributed by atoms with Gasteiger partial charge in [0.15, 0.2) is 0 Å². The molecule has 0 spiro atoms. The molecule has 0 aliphatic carbocycles. The molecule has 40 heavy (non-hydrogen) atoms. The molecule has 11 heteroatoms. The molecule has 1 N–H and O–H groups in total. The predicted octanol–water partition coefficient (Wildman–Crippen LogP) is 7.15. The second kappa shape index (κ2) is 13.4. The first-order valence-corrected chi connectivity index (χ1v) is 14.3. The van der Waals surface area contributed by atoms with Crippen LogP contribution in [0.4, 0.5) is 0 Å². The highest BCUT2D eigenvalue weighted by Crippen LogP contribution is 2.52. The van der Waals surface area contributed by atoms with E-state index in [1.807, 2.05) is 30.3 Å². The van der Waals surface area contributed by atoms with Crippen LogP contribution in [0.2, 0.25) is 10.0 Å². The van der Waals surface area contributed by atoms with E-state index >= 15 is 0 Å². The number of esters is 1. The fourth-order valence-electron chi connectivity index (χ4n) is 3.55. The predicted molar refractivity (Wildman–Crippen MR) is 152 cm³/mol. The maximum absolute atomic E-state index is 14.2. The Morgan fingerprint density at radius 3 is 1.73 bits per heavy atom.